The molecule has 0 unspecified atom stereocenters. The second kappa shape index (κ2) is 5.62. The highest BCUT2D eigenvalue weighted by molar-refractivity contribution is 5.31. The number of rotatable bonds is 6. The molecule has 0 atom stereocenters. The predicted octanol–water partition coefficient (Wildman–Crippen LogP) is 2.41. The SMILES string of the molecule is CCCCCCNc1ccn(C)n1. The Hall–Kier alpha value is -0.990. The highest BCUT2D eigenvalue weighted by Gasteiger charge is 1.93. The summed E-state index contributed by atoms with van der Waals surface area (Å²) < 4.78 is 1.81. The Morgan fingerprint density at radius 2 is 2.23 bits per heavy atom. The molecule has 3 heteroatoms. The molecule has 0 saturated carbocycles. The molecule has 0 spiro atoms. The van der Waals surface area contributed by atoms with Gasteiger partial charge in [0.1, 0.15) is 5.82 Å². The van der Waals surface area contributed by atoms with Gasteiger partial charge in [-0.15, -0.1) is 0 Å². The van der Waals surface area contributed by atoms with Crippen molar-refractivity contribution in [1.82, 2.24) is 9.78 Å². The number of hydrogen-bond donors (Lipinski definition) is 1. The summed E-state index contributed by atoms with van der Waals surface area (Å²) in [6.07, 6.45) is 7.14. The topological polar surface area (TPSA) is 29.9 Å². The van der Waals surface area contributed by atoms with Crippen LogP contribution in [-0.4, -0.2) is 16.3 Å². The van der Waals surface area contributed by atoms with Crippen molar-refractivity contribution in [2.75, 3.05) is 11.9 Å². The van der Waals surface area contributed by atoms with Crippen molar-refractivity contribution in [2.45, 2.75) is 32.6 Å². The summed E-state index contributed by atoms with van der Waals surface area (Å²) in [5.41, 5.74) is 0. The number of aryl methyl sites for hydroxylation is 1. The lowest BCUT2D eigenvalue weighted by atomic mass is 10.2. The summed E-state index contributed by atoms with van der Waals surface area (Å²) in [4.78, 5) is 0. The average molecular weight is 181 g/mol. The van der Waals surface area contributed by atoms with Crippen LogP contribution in [0.1, 0.15) is 32.6 Å². The Labute approximate surface area is 80.1 Å². The molecule has 0 aromatic carbocycles. The van der Waals surface area contributed by atoms with Crippen molar-refractivity contribution >= 4 is 5.82 Å². The van der Waals surface area contributed by atoms with Gasteiger partial charge in [-0.3, -0.25) is 4.68 Å². The number of nitrogens with zero attached hydrogens (tertiary/aromatic N) is 2. The lowest BCUT2D eigenvalue weighted by Gasteiger charge is -2.01. The van der Waals surface area contributed by atoms with Gasteiger partial charge in [-0.25, -0.2) is 0 Å². The zero-order valence-corrected chi connectivity index (χ0v) is 8.58. The number of hydrogen-bond acceptors (Lipinski definition) is 2. The first-order chi connectivity index (χ1) is 6.33. The van der Waals surface area contributed by atoms with Crippen LogP contribution in [0.5, 0.6) is 0 Å². The van der Waals surface area contributed by atoms with Gasteiger partial charge >= 0.3 is 0 Å². The van der Waals surface area contributed by atoms with E-state index in [2.05, 4.69) is 17.3 Å². The molecule has 0 bridgehead atoms. The van der Waals surface area contributed by atoms with Crippen molar-refractivity contribution in [3.8, 4) is 0 Å². The number of nitrogens with one attached hydrogen (secondary N) is 1. The van der Waals surface area contributed by atoms with Crippen molar-refractivity contribution < 1.29 is 0 Å². The Bertz CT molecular complexity index is 230. The first-order valence-corrected chi connectivity index (χ1v) is 5.06. The van der Waals surface area contributed by atoms with Crippen LogP contribution in [0.25, 0.3) is 0 Å². The number of anilines is 1. The van der Waals surface area contributed by atoms with E-state index in [1.807, 2.05) is 24.0 Å². The van der Waals surface area contributed by atoms with Crippen LogP contribution < -0.4 is 5.32 Å². The first kappa shape index (κ1) is 10.1. The second-order valence-corrected chi connectivity index (χ2v) is 3.36. The smallest absolute Gasteiger partial charge is 0.147 e. The van der Waals surface area contributed by atoms with E-state index in [1.54, 1.807) is 0 Å². The molecule has 0 saturated heterocycles. The third-order valence-corrected chi connectivity index (χ3v) is 2.05. The first-order valence-electron chi connectivity index (χ1n) is 5.06. The fourth-order valence-corrected chi connectivity index (χ4v) is 1.28. The highest BCUT2D eigenvalue weighted by atomic mass is 15.3. The normalized spacial score (nSPS) is 10.3. The standard InChI is InChI=1S/C10H19N3/c1-3-4-5-6-8-11-10-7-9-13(2)12-10/h7,9H,3-6,8H2,1-2H3,(H,11,12). The molecule has 1 heterocycles. The zero-order chi connectivity index (χ0) is 9.52. The predicted molar refractivity (Wildman–Crippen MR) is 55.8 cm³/mol. The maximum absolute atomic E-state index is 4.23. The van der Waals surface area contributed by atoms with E-state index >= 15 is 0 Å². The van der Waals surface area contributed by atoms with Gasteiger partial charge in [0.15, 0.2) is 0 Å². The lowest BCUT2D eigenvalue weighted by molar-refractivity contribution is 0.682. The van der Waals surface area contributed by atoms with Crippen LogP contribution in [0.15, 0.2) is 12.3 Å². The molecule has 0 aliphatic carbocycles. The molecule has 13 heavy (non-hydrogen) atoms. The second-order valence-electron chi connectivity index (χ2n) is 3.36. The van der Waals surface area contributed by atoms with Gasteiger partial charge in [-0.2, -0.15) is 5.10 Å². The Kier molecular flexibility index (Phi) is 4.36. The van der Waals surface area contributed by atoms with E-state index in [1.165, 1.54) is 25.7 Å². The minimum atomic E-state index is 0.985. The molecule has 0 radical (unpaired) electrons. The van der Waals surface area contributed by atoms with Crippen LogP contribution in [0, 0.1) is 0 Å². The van der Waals surface area contributed by atoms with Crippen molar-refractivity contribution in [2.24, 2.45) is 7.05 Å². The molecule has 1 rings (SSSR count). The number of aromatic nitrogens is 2. The van der Waals surface area contributed by atoms with E-state index in [0.29, 0.717) is 0 Å². The van der Waals surface area contributed by atoms with Gasteiger partial charge in [0.05, 0.1) is 0 Å². The Morgan fingerprint density at radius 1 is 1.38 bits per heavy atom. The quantitative estimate of drug-likeness (QED) is 0.683. The summed E-state index contributed by atoms with van der Waals surface area (Å²) in [5, 5.41) is 7.53. The molecule has 0 aliphatic rings. The van der Waals surface area contributed by atoms with E-state index in [4.69, 9.17) is 0 Å². The average Bonchev–Trinajstić information content (AvgIpc) is 2.51. The van der Waals surface area contributed by atoms with Gasteiger partial charge in [0.25, 0.3) is 0 Å². The summed E-state index contributed by atoms with van der Waals surface area (Å²) in [6, 6.07) is 2.00. The maximum Gasteiger partial charge on any atom is 0.147 e. The minimum absolute atomic E-state index is 0.985. The van der Waals surface area contributed by atoms with Crippen molar-refractivity contribution in [3.05, 3.63) is 12.3 Å². The third-order valence-electron chi connectivity index (χ3n) is 2.05. The van der Waals surface area contributed by atoms with Crippen molar-refractivity contribution in [3.63, 3.8) is 0 Å². The molecule has 0 amide bonds. The van der Waals surface area contributed by atoms with E-state index in [0.717, 1.165) is 12.4 Å². The fraction of sp³-hybridized carbons (Fsp3) is 0.700. The molecular formula is C10H19N3. The molecule has 1 N–H and O–H groups in total. The summed E-state index contributed by atoms with van der Waals surface area (Å²) >= 11 is 0. The monoisotopic (exact) mass is 181 g/mol. The largest absolute Gasteiger partial charge is 0.369 e. The van der Waals surface area contributed by atoms with Crippen LogP contribution >= 0.6 is 0 Å². The van der Waals surface area contributed by atoms with Gasteiger partial charge in [-0.1, -0.05) is 26.2 Å². The summed E-state index contributed by atoms with van der Waals surface area (Å²) in [7, 11) is 1.93. The number of unbranched alkanes of at least 4 members (excludes halogenated alkanes) is 3. The lowest BCUT2D eigenvalue weighted by Crippen LogP contribution is -2.02. The molecule has 0 aliphatic heterocycles. The molecule has 3 nitrogen and oxygen atoms in total. The third kappa shape index (κ3) is 3.97. The summed E-state index contributed by atoms with van der Waals surface area (Å²) in [5.74, 6) is 0.985. The van der Waals surface area contributed by atoms with Crippen molar-refractivity contribution in [1.29, 1.82) is 0 Å². The molecular weight excluding hydrogens is 162 g/mol. The van der Waals surface area contributed by atoms with Gasteiger partial charge in [-0.05, 0) is 6.42 Å². The molecule has 1 aromatic heterocycles. The zero-order valence-electron chi connectivity index (χ0n) is 8.58. The highest BCUT2D eigenvalue weighted by Crippen LogP contribution is 2.03. The van der Waals surface area contributed by atoms with Crippen LogP contribution in [0.3, 0.4) is 0 Å². The van der Waals surface area contributed by atoms with Gasteiger partial charge < -0.3 is 5.32 Å². The van der Waals surface area contributed by atoms with E-state index in [9.17, 15) is 0 Å². The van der Waals surface area contributed by atoms with E-state index in [-0.39, 0.29) is 0 Å². The van der Waals surface area contributed by atoms with Crippen LogP contribution in [-0.2, 0) is 7.05 Å². The molecule has 0 fully saturated rings. The minimum Gasteiger partial charge on any atom is -0.369 e. The molecule has 1 aromatic rings. The maximum atomic E-state index is 4.23. The molecule has 74 valence electrons. The summed E-state index contributed by atoms with van der Waals surface area (Å²) in [6.45, 7) is 3.27. The Morgan fingerprint density at radius 3 is 2.85 bits per heavy atom. The van der Waals surface area contributed by atoms with E-state index < -0.39 is 0 Å². The van der Waals surface area contributed by atoms with Gasteiger partial charge in [0.2, 0.25) is 0 Å². The van der Waals surface area contributed by atoms with Crippen LogP contribution in [0.4, 0.5) is 5.82 Å². The van der Waals surface area contributed by atoms with Gasteiger partial charge in [0, 0.05) is 25.9 Å². The fourth-order valence-electron chi connectivity index (χ4n) is 1.28. The Balaban J connectivity index is 2.06. The van der Waals surface area contributed by atoms with Crippen LogP contribution in [0.2, 0.25) is 0 Å².